The summed E-state index contributed by atoms with van der Waals surface area (Å²) >= 11 is 0.766. The number of rotatable bonds is 3. The smallest absolute Gasteiger partial charge is 0.544 e. The van der Waals surface area contributed by atoms with Crippen LogP contribution in [-0.4, -0.2) is 23.9 Å². The summed E-state index contributed by atoms with van der Waals surface area (Å²) in [6, 6.07) is 0. The van der Waals surface area contributed by atoms with Crippen molar-refractivity contribution < 1.29 is 37.5 Å². The van der Waals surface area contributed by atoms with E-state index in [9.17, 15) is 18.7 Å². The van der Waals surface area contributed by atoms with Crippen LogP contribution in [0.2, 0.25) is 0 Å². The number of carboxylic acid groups (broad SMARTS) is 1. The summed E-state index contributed by atoms with van der Waals surface area (Å²) in [4.78, 5) is 9.54. The third kappa shape index (κ3) is 4.15. The molecule has 0 fully saturated rings. The van der Waals surface area contributed by atoms with Gasteiger partial charge in [0.15, 0.2) is 0 Å². The standard InChI is InChI=1S/C4H6F2O2S.Li/c1-9-2-4(5,6)3(7)8;/h2H2,1H3,(H,7,8);/q;+1/p-1. The summed E-state index contributed by atoms with van der Waals surface area (Å²) in [7, 11) is 0. The second-order valence-electron chi connectivity index (χ2n) is 1.42. The Morgan fingerprint density at radius 1 is 1.70 bits per heavy atom. The van der Waals surface area contributed by atoms with Crippen molar-refractivity contribution in [1.29, 1.82) is 0 Å². The fraction of sp³-hybridized carbons (Fsp3) is 0.750. The maximum atomic E-state index is 11.9. The molecule has 0 rings (SSSR count). The first kappa shape index (κ1) is 12.9. The average Bonchev–Trinajstić information content (AvgIpc) is 1.65. The van der Waals surface area contributed by atoms with E-state index in [-0.39, 0.29) is 18.9 Å². The van der Waals surface area contributed by atoms with Crippen LogP contribution in [-0.2, 0) is 4.79 Å². The van der Waals surface area contributed by atoms with Crippen LogP contribution in [0.1, 0.15) is 0 Å². The number of aliphatic carboxylic acids is 1. The largest absolute Gasteiger partial charge is 1.00 e. The molecule has 0 aliphatic carbocycles. The first-order chi connectivity index (χ1) is 4.00. The molecule has 0 atom stereocenters. The Morgan fingerprint density at radius 2 is 2.10 bits per heavy atom. The molecule has 0 aromatic heterocycles. The second kappa shape index (κ2) is 5.00. The quantitative estimate of drug-likeness (QED) is 0.409. The summed E-state index contributed by atoms with van der Waals surface area (Å²) in [5.41, 5.74) is 0. The molecule has 0 aromatic carbocycles. The molecule has 0 spiro atoms. The molecule has 0 heterocycles. The fourth-order valence-corrected chi connectivity index (χ4v) is 0.721. The van der Waals surface area contributed by atoms with Gasteiger partial charge < -0.3 is 9.90 Å². The summed E-state index contributed by atoms with van der Waals surface area (Å²) < 4.78 is 23.7. The van der Waals surface area contributed by atoms with Crippen LogP contribution in [0.3, 0.4) is 0 Å². The monoisotopic (exact) mass is 162 g/mol. The number of alkyl halides is 2. The molecular weight excluding hydrogens is 157 g/mol. The van der Waals surface area contributed by atoms with Crippen molar-refractivity contribution >= 4 is 17.7 Å². The predicted octanol–water partition coefficient (Wildman–Crippen LogP) is -3.26. The normalized spacial score (nSPS) is 10.3. The van der Waals surface area contributed by atoms with Crippen LogP contribution >= 0.6 is 11.8 Å². The molecule has 0 aromatic rings. The molecule has 0 aliphatic rings. The van der Waals surface area contributed by atoms with Crippen molar-refractivity contribution in [2.45, 2.75) is 5.92 Å². The van der Waals surface area contributed by atoms with E-state index in [1.54, 1.807) is 0 Å². The van der Waals surface area contributed by atoms with Crippen LogP contribution in [0.25, 0.3) is 0 Å². The average molecular weight is 162 g/mol. The van der Waals surface area contributed by atoms with Crippen LogP contribution in [0.4, 0.5) is 8.78 Å². The van der Waals surface area contributed by atoms with E-state index >= 15 is 0 Å². The molecular formula is C4H5F2LiO2S. The maximum absolute atomic E-state index is 11.9. The Balaban J connectivity index is 0. The van der Waals surface area contributed by atoms with Gasteiger partial charge in [-0.1, -0.05) is 0 Å². The van der Waals surface area contributed by atoms with Gasteiger partial charge in [-0.3, -0.25) is 0 Å². The fourth-order valence-electron chi connectivity index (χ4n) is 0.240. The Bertz CT molecular complexity index is 120. The molecule has 0 aliphatic heterocycles. The molecule has 0 radical (unpaired) electrons. The molecule has 0 bridgehead atoms. The van der Waals surface area contributed by atoms with Gasteiger partial charge in [0.05, 0.1) is 5.75 Å². The van der Waals surface area contributed by atoms with E-state index < -0.39 is 17.6 Å². The van der Waals surface area contributed by atoms with E-state index in [2.05, 4.69) is 0 Å². The van der Waals surface area contributed by atoms with Crippen molar-refractivity contribution in [1.82, 2.24) is 0 Å². The minimum Gasteiger partial charge on any atom is -0.544 e. The van der Waals surface area contributed by atoms with Gasteiger partial charge in [0, 0.05) is 0 Å². The van der Waals surface area contributed by atoms with Gasteiger partial charge in [-0.25, -0.2) is 0 Å². The summed E-state index contributed by atoms with van der Waals surface area (Å²) in [5, 5.41) is 9.54. The van der Waals surface area contributed by atoms with Gasteiger partial charge in [0.25, 0.3) is 5.92 Å². The van der Waals surface area contributed by atoms with E-state index in [0.717, 1.165) is 11.8 Å². The topological polar surface area (TPSA) is 40.1 Å². The van der Waals surface area contributed by atoms with E-state index in [1.807, 2.05) is 0 Å². The number of halogens is 2. The molecule has 0 saturated heterocycles. The summed E-state index contributed by atoms with van der Waals surface area (Å²) in [6.45, 7) is 0. The Kier molecular flexibility index (Phi) is 6.45. The first-order valence-corrected chi connectivity index (χ1v) is 3.48. The van der Waals surface area contributed by atoms with Gasteiger partial charge in [-0.2, -0.15) is 20.5 Å². The molecule has 2 nitrogen and oxygen atoms in total. The first-order valence-electron chi connectivity index (χ1n) is 2.09. The number of thioether (sulfide) groups is 1. The number of hydrogen-bond donors (Lipinski definition) is 0. The third-order valence-electron chi connectivity index (χ3n) is 0.624. The summed E-state index contributed by atoms with van der Waals surface area (Å²) in [6.07, 6.45) is 1.40. The van der Waals surface area contributed by atoms with Gasteiger partial charge in [0.2, 0.25) is 0 Å². The van der Waals surface area contributed by atoms with Crippen molar-refractivity contribution in [3.8, 4) is 0 Å². The molecule has 6 heteroatoms. The van der Waals surface area contributed by atoms with Crippen LogP contribution in [0.5, 0.6) is 0 Å². The molecule has 0 unspecified atom stereocenters. The molecule has 0 amide bonds. The van der Waals surface area contributed by atoms with Crippen LogP contribution in [0, 0.1) is 0 Å². The van der Waals surface area contributed by atoms with Crippen molar-refractivity contribution in [2.75, 3.05) is 12.0 Å². The SMILES string of the molecule is CSCC(F)(F)C(=O)[O-].[Li+]. The number of carbonyl (C=O) groups is 1. The zero-order chi connectivity index (χ0) is 7.49. The second-order valence-corrected chi connectivity index (χ2v) is 2.29. The molecule has 54 valence electrons. The van der Waals surface area contributed by atoms with E-state index in [0.29, 0.717) is 0 Å². The Labute approximate surface area is 73.5 Å². The number of carbonyl (C=O) groups excluding carboxylic acids is 1. The Morgan fingerprint density at radius 3 is 2.20 bits per heavy atom. The van der Waals surface area contributed by atoms with Crippen molar-refractivity contribution in [3.63, 3.8) is 0 Å². The van der Waals surface area contributed by atoms with Gasteiger partial charge in [-0.05, 0) is 6.26 Å². The minimum atomic E-state index is -3.68. The van der Waals surface area contributed by atoms with Crippen LogP contribution in [0.15, 0.2) is 0 Å². The molecule has 0 N–H and O–H groups in total. The number of hydrogen-bond acceptors (Lipinski definition) is 3. The maximum Gasteiger partial charge on any atom is 1.00 e. The summed E-state index contributed by atoms with van der Waals surface area (Å²) in [5.74, 6) is -6.72. The minimum absolute atomic E-state index is 0. The van der Waals surface area contributed by atoms with Gasteiger partial charge >= 0.3 is 18.9 Å². The number of carboxylic acids is 1. The van der Waals surface area contributed by atoms with Gasteiger partial charge in [0.1, 0.15) is 5.97 Å². The van der Waals surface area contributed by atoms with E-state index in [4.69, 9.17) is 0 Å². The zero-order valence-electron chi connectivity index (χ0n) is 5.69. The van der Waals surface area contributed by atoms with Crippen molar-refractivity contribution in [3.05, 3.63) is 0 Å². The molecule has 0 saturated carbocycles. The van der Waals surface area contributed by atoms with Crippen molar-refractivity contribution in [2.24, 2.45) is 0 Å². The zero-order valence-corrected chi connectivity index (χ0v) is 6.50. The third-order valence-corrected chi connectivity index (χ3v) is 1.28. The molecule has 10 heavy (non-hydrogen) atoms. The Hall–Kier alpha value is 0.277. The van der Waals surface area contributed by atoms with Gasteiger partial charge in [-0.15, -0.1) is 0 Å². The predicted molar refractivity (Wildman–Crippen MR) is 28.3 cm³/mol. The van der Waals surface area contributed by atoms with E-state index in [1.165, 1.54) is 6.26 Å². The van der Waals surface area contributed by atoms with Crippen LogP contribution < -0.4 is 24.0 Å².